The molecule has 0 bridgehead atoms. The summed E-state index contributed by atoms with van der Waals surface area (Å²) in [6, 6.07) is 3.79. The molecular weight excluding hydrogens is 240 g/mol. The van der Waals surface area contributed by atoms with Gasteiger partial charge in [0.1, 0.15) is 5.69 Å². The molecule has 19 heavy (non-hydrogen) atoms. The third-order valence-corrected chi connectivity index (χ3v) is 3.76. The molecule has 1 heterocycles. The van der Waals surface area contributed by atoms with Gasteiger partial charge in [0, 0.05) is 12.7 Å². The summed E-state index contributed by atoms with van der Waals surface area (Å²) in [6.07, 6.45) is 5.70. The third kappa shape index (κ3) is 3.92. The minimum Gasteiger partial charge on any atom is -0.409 e. The van der Waals surface area contributed by atoms with Gasteiger partial charge in [-0.15, -0.1) is 0 Å². The Bertz CT molecular complexity index is 447. The largest absolute Gasteiger partial charge is 0.409 e. The summed E-state index contributed by atoms with van der Waals surface area (Å²) in [6.45, 7) is 4.18. The molecule has 5 nitrogen and oxygen atoms in total. The van der Waals surface area contributed by atoms with E-state index in [1.54, 1.807) is 6.20 Å². The average molecular weight is 262 g/mol. The molecule has 0 saturated heterocycles. The van der Waals surface area contributed by atoms with Crippen LogP contribution in [-0.4, -0.2) is 22.6 Å². The number of nitrogens with zero attached hydrogens (tertiary/aromatic N) is 2. The predicted octanol–water partition coefficient (Wildman–Crippen LogP) is 1.70. The van der Waals surface area contributed by atoms with E-state index in [0.717, 1.165) is 30.5 Å². The molecule has 0 aliphatic heterocycles. The lowest BCUT2D eigenvalue weighted by Crippen LogP contribution is -2.21. The average Bonchev–Trinajstić information content (AvgIpc) is 2.84. The zero-order valence-electron chi connectivity index (χ0n) is 11.3. The van der Waals surface area contributed by atoms with Crippen molar-refractivity contribution in [1.29, 1.82) is 0 Å². The zero-order chi connectivity index (χ0) is 13.7. The number of rotatable bonds is 5. The minimum atomic E-state index is 0.0477. The van der Waals surface area contributed by atoms with Gasteiger partial charge >= 0.3 is 0 Å². The van der Waals surface area contributed by atoms with E-state index in [1.807, 2.05) is 12.1 Å². The summed E-state index contributed by atoms with van der Waals surface area (Å²) in [5.74, 6) is 1.73. The number of nitrogens with two attached hydrogens (primary N) is 1. The maximum Gasteiger partial charge on any atom is 0.188 e. The van der Waals surface area contributed by atoms with Crippen molar-refractivity contribution >= 4 is 5.84 Å². The number of oxime groups is 1. The molecule has 1 aromatic rings. The molecule has 104 valence electrons. The number of amidine groups is 1. The number of hydrogen-bond donors (Lipinski definition) is 3. The maximum absolute atomic E-state index is 8.63. The molecule has 1 aliphatic carbocycles. The van der Waals surface area contributed by atoms with Gasteiger partial charge in [-0.05, 0) is 48.9 Å². The molecule has 2 atom stereocenters. The van der Waals surface area contributed by atoms with E-state index in [1.165, 1.54) is 19.3 Å². The van der Waals surface area contributed by atoms with Crippen LogP contribution in [0, 0.1) is 11.8 Å². The molecule has 2 rings (SSSR count). The van der Waals surface area contributed by atoms with Gasteiger partial charge in [-0.25, -0.2) is 0 Å². The van der Waals surface area contributed by atoms with Crippen LogP contribution in [0.15, 0.2) is 23.5 Å². The molecule has 4 N–H and O–H groups in total. The highest BCUT2D eigenvalue weighted by Crippen LogP contribution is 2.29. The standard InChI is InChI=1S/C14H22N4O/c1-10-2-3-11(6-10)8-16-9-12-4-5-17-13(7-12)14(15)18-19/h4-5,7,10-11,16,19H,2-3,6,8-9H2,1H3,(H2,15,18). The second kappa shape index (κ2) is 6.52. The van der Waals surface area contributed by atoms with E-state index >= 15 is 0 Å². The first-order valence-electron chi connectivity index (χ1n) is 6.82. The molecule has 1 aromatic heterocycles. The summed E-state index contributed by atoms with van der Waals surface area (Å²) in [4.78, 5) is 4.06. The Balaban J connectivity index is 1.83. The summed E-state index contributed by atoms with van der Waals surface area (Å²) in [5, 5.41) is 15.1. The van der Waals surface area contributed by atoms with Gasteiger partial charge in [0.25, 0.3) is 0 Å². The van der Waals surface area contributed by atoms with E-state index in [0.29, 0.717) is 5.69 Å². The summed E-state index contributed by atoms with van der Waals surface area (Å²) >= 11 is 0. The zero-order valence-corrected chi connectivity index (χ0v) is 11.3. The monoisotopic (exact) mass is 262 g/mol. The van der Waals surface area contributed by atoms with Crippen LogP contribution in [0.25, 0.3) is 0 Å². The number of hydrogen-bond acceptors (Lipinski definition) is 4. The molecule has 0 spiro atoms. The van der Waals surface area contributed by atoms with Crippen molar-refractivity contribution < 1.29 is 5.21 Å². The van der Waals surface area contributed by atoms with E-state index in [9.17, 15) is 0 Å². The van der Waals surface area contributed by atoms with Gasteiger partial charge in [0.2, 0.25) is 0 Å². The van der Waals surface area contributed by atoms with E-state index in [-0.39, 0.29) is 5.84 Å². The smallest absolute Gasteiger partial charge is 0.188 e. The SMILES string of the molecule is CC1CCC(CNCc2ccnc(/C(N)=N/O)c2)C1. The first kappa shape index (κ1) is 13.8. The Kier molecular flexibility index (Phi) is 4.74. The normalized spacial score (nSPS) is 23.7. The fourth-order valence-corrected chi connectivity index (χ4v) is 2.71. The lowest BCUT2D eigenvalue weighted by Gasteiger charge is -2.11. The van der Waals surface area contributed by atoms with Crippen LogP contribution in [0.1, 0.15) is 37.4 Å². The van der Waals surface area contributed by atoms with Crippen molar-refractivity contribution in [1.82, 2.24) is 10.3 Å². The van der Waals surface area contributed by atoms with Gasteiger partial charge in [-0.3, -0.25) is 4.98 Å². The van der Waals surface area contributed by atoms with Gasteiger partial charge in [0.05, 0.1) is 0 Å². The highest BCUT2D eigenvalue weighted by atomic mass is 16.4. The Morgan fingerprint density at radius 3 is 3.11 bits per heavy atom. The lowest BCUT2D eigenvalue weighted by molar-refractivity contribution is 0.318. The van der Waals surface area contributed by atoms with Crippen LogP contribution in [0.4, 0.5) is 0 Å². The van der Waals surface area contributed by atoms with E-state index in [4.69, 9.17) is 10.9 Å². The van der Waals surface area contributed by atoms with Crippen LogP contribution >= 0.6 is 0 Å². The van der Waals surface area contributed by atoms with Crippen molar-refractivity contribution in [3.8, 4) is 0 Å². The summed E-state index contributed by atoms with van der Waals surface area (Å²) < 4.78 is 0. The lowest BCUT2D eigenvalue weighted by atomic mass is 10.1. The van der Waals surface area contributed by atoms with Crippen molar-refractivity contribution in [3.05, 3.63) is 29.6 Å². The van der Waals surface area contributed by atoms with Gasteiger partial charge < -0.3 is 16.3 Å². The minimum absolute atomic E-state index is 0.0477. The van der Waals surface area contributed by atoms with Gasteiger partial charge in [-0.2, -0.15) is 0 Å². The van der Waals surface area contributed by atoms with Crippen LogP contribution < -0.4 is 11.1 Å². The predicted molar refractivity (Wildman–Crippen MR) is 75.0 cm³/mol. The Hall–Kier alpha value is -1.62. The van der Waals surface area contributed by atoms with Crippen molar-refractivity contribution in [2.45, 2.75) is 32.7 Å². The van der Waals surface area contributed by atoms with Crippen LogP contribution in [0.5, 0.6) is 0 Å². The van der Waals surface area contributed by atoms with E-state index < -0.39 is 0 Å². The third-order valence-electron chi connectivity index (χ3n) is 3.76. The van der Waals surface area contributed by atoms with Crippen LogP contribution in [0.2, 0.25) is 0 Å². The number of pyridine rings is 1. The quantitative estimate of drug-likeness (QED) is 0.326. The van der Waals surface area contributed by atoms with Crippen molar-refractivity contribution in [2.75, 3.05) is 6.54 Å². The fraction of sp³-hybridized carbons (Fsp3) is 0.571. The molecule has 0 amide bonds. The molecule has 0 radical (unpaired) electrons. The highest BCUT2D eigenvalue weighted by molar-refractivity contribution is 5.95. The fourth-order valence-electron chi connectivity index (χ4n) is 2.71. The number of aromatic nitrogens is 1. The second-order valence-electron chi connectivity index (χ2n) is 5.45. The van der Waals surface area contributed by atoms with Gasteiger partial charge in [0.15, 0.2) is 5.84 Å². The highest BCUT2D eigenvalue weighted by Gasteiger charge is 2.20. The molecule has 1 saturated carbocycles. The Labute approximate surface area is 113 Å². The van der Waals surface area contributed by atoms with Crippen LogP contribution in [-0.2, 0) is 6.54 Å². The maximum atomic E-state index is 8.63. The summed E-state index contributed by atoms with van der Waals surface area (Å²) in [5.41, 5.74) is 7.13. The molecule has 0 aromatic carbocycles. The second-order valence-corrected chi connectivity index (χ2v) is 5.45. The molecular formula is C14H22N4O. The number of nitrogens with one attached hydrogen (secondary N) is 1. The van der Waals surface area contributed by atoms with E-state index in [2.05, 4.69) is 22.4 Å². The van der Waals surface area contributed by atoms with Crippen molar-refractivity contribution in [2.24, 2.45) is 22.7 Å². The first-order valence-corrected chi connectivity index (χ1v) is 6.82. The molecule has 2 unspecified atom stereocenters. The molecule has 1 fully saturated rings. The topological polar surface area (TPSA) is 83.5 Å². The van der Waals surface area contributed by atoms with Crippen LogP contribution in [0.3, 0.4) is 0 Å². The van der Waals surface area contributed by atoms with Crippen molar-refractivity contribution in [3.63, 3.8) is 0 Å². The molecule has 1 aliphatic rings. The summed E-state index contributed by atoms with van der Waals surface area (Å²) in [7, 11) is 0. The molecule has 5 heteroatoms. The Morgan fingerprint density at radius 2 is 2.42 bits per heavy atom. The first-order chi connectivity index (χ1) is 9.19. The van der Waals surface area contributed by atoms with Gasteiger partial charge in [-0.1, -0.05) is 18.5 Å². The Morgan fingerprint density at radius 1 is 1.58 bits per heavy atom.